The van der Waals surface area contributed by atoms with Crippen LogP contribution in [0, 0.1) is 6.92 Å². The highest BCUT2D eigenvalue weighted by atomic mass is 32.2. The van der Waals surface area contributed by atoms with Crippen molar-refractivity contribution in [3.05, 3.63) is 59.7 Å². The molecule has 2 fully saturated rings. The van der Waals surface area contributed by atoms with Crippen LogP contribution in [0.25, 0.3) is 0 Å². The number of rotatable bonds is 5. The van der Waals surface area contributed by atoms with E-state index in [-0.39, 0.29) is 29.2 Å². The first kappa shape index (κ1) is 21.5. The summed E-state index contributed by atoms with van der Waals surface area (Å²) in [5, 5.41) is 2.88. The summed E-state index contributed by atoms with van der Waals surface area (Å²) in [6, 6.07) is 13.3. The number of hydrogen-bond acceptors (Lipinski definition) is 5. The van der Waals surface area contributed by atoms with Gasteiger partial charge in [0.15, 0.2) is 0 Å². The molecule has 0 aliphatic carbocycles. The topological polar surface area (TPSA) is 96.0 Å². The molecule has 164 valence electrons. The number of nitrogens with one attached hydrogen (secondary N) is 1. The molecule has 0 spiro atoms. The van der Waals surface area contributed by atoms with Gasteiger partial charge in [0, 0.05) is 37.3 Å². The van der Waals surface area contributed by atoms with Gasteiger partial charge in [-0.2, -0.15) is 4.31 Å². The second-order valence-corrected chi connectivity index (χ2v) is 9.69. The molecule has 0 unspecified atom stereocenters. The lowest BCUT2D eigenvalue weighted by atomic mass is 10.2. The maximum atomic E-state index is 12.7. The van der Waals surface area contributed by atoms with Gasteiger partial charge in [-0.25, -0.2) is 8.42 Å². The van der Waals surface area contributed by atoms with Crippen molar-refractivity contribution >= 4 is 27.5 Å². The fraction of sp³-hybridized carbons (Fsp3) is 0.364. The molecule has 1 atom stereocenters. The van der Waals surface area contributed by atoms with E-state index in [2.05, 4.69) is 5.32 Å². The molecule has 2 saturated heterocycles. The third-order valence-corrected chi connectivity index (χ3v) is 7.44. The van der Waals surface area contributed by atoms with E-state index in [0.29, 0.717) is 38.4 Å². The minimum absolute atomic E-state index is 0.0406. The van der Waals surface area contributed by atoms with Crippen molar-refractivity contribution in [3.63, 3.8) is 0 Å². The fourth-order valence-corrected chi connectivity index (χ4v) is 5.17. The molecule has 9 heteroatoms. The Morgan fingerprint density at radius 1 is 1.03 bits per heavy atom. The first-order valence-corrected chi connectivity index (χ1v) is 11.6. The molecule has 0 radical (unpaired) electrons. The van der Waals surface area contributed by atoms with Crippen LogP contribution in [0.15, 0.2) is 53.4 Å². The molecule has 2 aromatic rings. The molecule has 8 nitrogen and oxygen atoms in total. The Kier molecular flexibility index (Phi) is 6.08. The lowest BCUT2D eigenvalue weighted by molar-refractivity contribution is -0.117. The van der Waals surface area contributed by atoms with Crippen molar-refractivity contribution in [2.45, 2.75) is 24.3 Å². The Bertz CT molecular complexity index is 1060. The quantitative estimate of drug-likeness (QED) is 0.757. The van der Waals surface area contributed by atoms with Gasteiger partial charge >= 0.3 is 0 Å². The number of carbonyl (C=O) groups is 2. The van der Waals surface area contributed by atoms with Gasteiger partial charge in [-0.1, -0.05) is 17.7 Å². The number of ether oxygens (including phenoxy) is 1. The minimum Gasteiger partial charge on any atom is -0.379 e. The monoisotopic (exact) mass is 443 g/mol. The zero-order valence-corrected chi connectivity index (χ0v) is 18.1. The molecule has 0 bridgehead atoms. The van der Waals surface area contributed by atoms with E-state index in [1.165, 1.54) is 28.6 Å². The van der Waals surface area contributed by atoms with E-state index in [4.69, 9.17) is 4.74 Å². The van der Waals surface area contributed by atoms with Crippen LogP contribution in [-0.4, -0.2) is 63.4 Å². The largest absolute Gasteiger partial charge is 0.379 e. The van der Waals surface area contributed by atoms with E-state index in [9.17, 15) is 18.0 Å². The number of carbonyl (C=O) groups excluding carboxylic acids is 2. The average Bonchev–Trinajstić information content (AvgIpc) is 3.14. The molecule has 0 aromatic heterocycles. The summed E-state index contributed by atoms with van der Waals surface area (Å²) in [6.45, 7) is 3.77. The second-order valence-electron chi connectivity index (χ2n) is 7.76. The summed E-state index contributed by atoms with van der Waals surface area (Å²) in [5.41, 5.74) is 2.27. The molecule has 2 heterocycles. The first-order valence-electron chi connectivity index (χ1n) is 10.2. The standard InChI is InChI=1S/C22H25N3O5S/c1-16-2-6-19(7-3-16)25-15-18(14-21(25)26)23-22(27)17-4-8-20(9-5-17)31(28,29)24-10-12-30-13-11-24/h2-9,18H,10-15H2,1H3,(H,23,27)/t18-/m0/s1. The van der Waals surface area contributed by atoms with Crippen LogP contribution in [0.3, 0.4) is 0 Å². The maximum Gasteiger partial charge on any atom is 0.251 e. The van der Waals surface area contributed by atoms with E-state index >= 15 is 0 Å². The number of nitrogens with zero attached hydrogens (tertiary/aromatic N) is 2. The summed E-state index contributed by atoms with van der Waals surface area (Å²) >= 11 is 0. The molecule has 2 amide bonds. The Morgan fingerprint density at radius 3 is 2.32 bits per heavy atom. The third-order valence-electron chi connectivity index (χ3n) is 5.53. The Balaban J connectivity index is 1.40. The zero-order valence-electron chi connectivity index (χ0n) is 17.3. The van der Waals surface area contributed by atoms with E-state index in [1.54, 1.807) is 4.90 Å². The number of aryl methyl sites for hydroxylation is 1. The second kappa shape index (κ2) is 8.78. The minimum atomic E-state index is -3.60. The third kappa shape index (κ3) is 4.63. The molecular weight excluding hydrogens is 418 g/mol. The molecule has 1 N–H and O–H groups in total. The molecule has 0 saturated carbocycles. The predicted octanol–water partition coefficient (Wildman–Crippen LogP) is 1.55. The van der Waals surface area contributed by atoms with Gasteiger partial charge in [0.25, 0.3) is 5.91 Å². The van der Waals surface area contributed by atoms with E-state index in [1.807, 2.05) is 31.2 Å². The number of sulfonamides is 1. The predicted molar refractivity (Wildman–Crippen MR) is 115 cm³/mol. The molecule has 4 rings (SSSR count). The lowest BCUT2D eigenvalue weighted by Crippen LogP contribution is -2.40. The highest BCUT2D eigenvalue weighted by molar-refractivity contribution is 7.89. The van der Waals surface area contributed by atoms with Gasteiger partial charge in [-0.05, 0) is 43.3 Å². The van der Waals surface area contributed by atoms with Crippen molar-refractivity contribution in [2.24, 2.45) is 0 Å². The average molecular weight is 444 g/mol. The summed E-state index contributed by atoms with van der Waals surface area (Å²) in [6.07, 6.45) is 0.225. The van der Waals surface area contributed by atoms with Gasteiger partial charge in [0.1, 0.15) is 0 Å². The van der Waals surface area contributed by atoms with Gasteiger partial charge < -0.3 is 15.0 Å². The van der Waals surface area contributed by atoms with Gasteiger partial charge in [-0.15, -0.1) is 0 Å². The number of morpholine rings is 1. The van der Waals surface area contributed by atoms with E-state index < -0.39 is 10.0 Å². The summed E-state index contributed by atoms with van der Waals surface area (Å²) in [4.78, 5) is 26.8. The zero-order chi connectivity index (χ0) is 22.0. The summed E-state index contributed by atoms with van der Waals surface area (Å²) in [7, 11) is -3.60. The molecule has 2 aromatic carbocycles. The van der Waals surface area contributed by atoms with Crippen LogP contribution in [-0.2, 0) is 19.6 Å². The van der Waals surface area contributed by atoms with Crippen molar-refractivity contribution in [3.8, 4) is 0 Å². The van der Waals surface area contributed by atoms with Gasteiger partial charge in [0.05, 0.1) is 24.2 Å². The van der Waals surface area contributed by atoms with Crippen LogP contribution in [0.2, 0.25) is 0 Å². The van der Waals surface area contributed by atoms with Gasteiger partial charge in [-0.3, -0.25) is 9.59 Å². The Morgan fingerprint density at radius 2 is 1.68 bits per heavy atom. The molecule has 2 aliphatic rings. The maximum absolute atomic E-state index is 12.7. The Labute approximate surface area is 181 Å². The number of anilines is 1. The highest BCUT2D eigenvalue weighted by Crippen LogP contribution is 2.23. The van der Waals surface area contributed by atoms with Crippen molar-refractivity contribution in [2.75, 3.05) is 37.7 Å². The Hall–Kier alpha value is -2.75. The van der Waals surface area contributed by atoms with Crippen molar-refractivity contribution < 1.29 is 22.7 Å². The number of benzene rings is 2. The lowest BCUT2D eigenvalue weighted by Gasteiger charge is -2.26. The van der Waals surface area contributed by atoms with E-state index in [0.717, 1.165) is 11.3 Å². The van der Waals surface area contributed by atoms with Gasteiger partial charge in [0.2, 0.25) is 15.9 Å². The van der Waals surface area contributed by atoms with Crippen LogP contribution in [0.5, 0.6) is 0 Å². The number of amides is 2. The van der Waals surface area contributed by atoms with Crippen molar-refractivity contribution in [1.82, 2.24) is 9.62 Å². The summed E-state index contributed by atoms with van der Waals surface area (Å²) < 4.78 is 32.0. The smallest absolute Gasteiger partial charge is 0.251 e. The summed E-state index contributed by atoms with van der Waals surface area (Å²) in [5.74, 6) is -0.375. The van der Waals surface area contributed by atoms with Crippen LogP contribution < -0.4 is 10.2 Å². The van der Waals surface area contributed by atoms with Crippen molar-refractivity contribution in [1.29, 1.82) is 0 Å². The normalized spacial score (nSPS) is 20.1. The highest BCUT2D eigenvalue weighted by Gasteiger charge is 2.32. The molecule has 2 aliphatic heterocycles. The SMILES string of the molecule is Cc1ccc(N2C[C@@H](NC(=O)c3ccc(S(=O)(=O)N4CCOCC4)cc3)CC2=O)cc1. The van der Waals surface area contributed by atoms with Crippen LogP contribution >= 0.6 is 0 Å². The molecular formula is C22H25N3O5S. The van der Waals surface area contributed by atoms with Crippen LogP contribution in [0.4, 0.5) is 5.69 Å². The molecule has 31 heavy (non-hydrogen) atoms. The fourth-order valence-electron chi connectivity index (χ4n) is 3.76. The first-order chi connectivity index (χ1) is 14.8. The number of hydrogen-bond donors (Lipinski definition) is 1. The van der Waals surface area contributed by atoms with Crippen LogP contribution in [0.1, 0.15) is 22.3 Å².